The number of rotatable bonds is 4. The molecule has 0 atom stereocenters. The Labute approximate surface area is 164 Å². The maximum absolute atomic E-state index is 13.0. The molecule has 0 fully saturated rings. The summed E-state index contributed by atoms with van der Waals surface area (Å²) < 4.78 is 62.6. The average Bonchev–Trinajstić information content (AvgIpc) is 2.52. The molecule has 0 spiro atoms. The molecule has 12 heteroatoms. The molecule has 0 unspecified atom stereocenters. The number of alkyl halides is 5. The van der Waals surface area contributed by atoms with Gasteiger partial charge in [0.1, 0.15) is 0 Å². The lowest BCUT2D eigenvalue weighted by atomic mass is 10.2. The molecule has 0 saturated carbocycles. The zero-order chi connectivity index (χ0) is 21.1. The molecular formula is C16H10Cl2F5N3O2. The molecule has 5 nitrogen and oxygen atoms in total. The van der Waals surface area contributed by atoms with Crippen LogP contribution in [0.5, 0.6) is 0 Å². The Hall–Kier alpha value is -2.59. The highest BCUT2D eigenvalue weighted by molar-refractivity contribution is 6.35. The van der Waals surface area contributed by atoms with Gasteiger partial charge in [-0.25, -0.2) is 4.79 Å². The van der Waals surface area contributed by atoms with Crippen LogP contribution in [0, 0.1) is 0 Å². The molecule has 150 valence electrons. The molecule has 0 aromatic heterocycles. The van der Waals surface area contributed by atoms with E-state index in [-0.39, 0.29) is 27.1 Å². The maximum atomic E-state index is 13.0. The number of hydrogen-bond acceptors (Lipinski definition) is 2. The largest absolute Gasteiger partial charge is 0.463 e. The van der Waals surface area contributed by atoms with Crippen LogP contribution in [0.15, 0.2) is 42.5 Å². The van der Waals surface area contributed by atoms with Crippen LogP contribution in [0.3, 0.4) is 0 Å². The summed E-state index contributed by atoms with van der Waals surface area (Å²) in [4.78, 5) is 23.2. The van der Waals surface area contributed by atoms with Crippen molar-refractivity contribution in [3.8, 4) is 0 Å². The van der Waals surface area contributed by atoms with Crippen molar-refractivity contribution in [1.29, 1.82) is 0 Å². The number of carbonyl (C=O) groups is 2. The topological polar surface area (TPSA) is 70.2 Å². The predicted molar refractivity (Wildman–Crippen MR) is 95.2 cm³/mol. The van der Waals surface area contributed by atoms with Crippen LogP contribution < -0.4 is 16.0 Å². The van der Waals surface area contributed by atoms with Gasteiger partial charge in [0.2, 0.25) is 0 Å². The zero-order valence-electron chi connectivity index (χ0n) is 13.5. The van der Waals surface area contributed by atoms with Crippen LogP contribution in [0.25, 0.3) is 0 Å². The third-order valence-corrected chi connectivity index (χ3v) is 3.58. The average molecular weight is 442 g/mol. The minimum Gasteiger partial charge on any atom is -0.320 e. The summed E-state index contributed by atoms with van der Waals surface area (Å²) in [5.41, 5.74) is -0.111. The fourth-order valence-electron chi connectivity index (χ4n) is 1.93. The first-order valence-corrected chi connectivity index (χ1v) is 8.04. The Kier molecular flexibility index (Phi) is 6.35. The number of amides is 3. The van der Waals surface area contributed by atoms with Crippen molar-refractivity contribution < 1.29 is 31.5 Å². The predicted octanol–water partition coefficient (Wildman–Crippen LogP) is 5.77. The SMILES string of the molecule is O=C(Nc1cc(Cl)cc(Cl)c1)Nc1cccc(NC(=O)C(F)(F)C(F)(F)F)c1. The summed E-state index contributed by atoms with van der Waals surface area (Å²) in [5, 5.41) is 6.69. The van der Waals surface area contributed by atoms with E-state index < -0.39 is 24.0 Å². The van der Waals surface area contributed by atoms with Crippen LogP contribution in [-0.2, 0) is 4.79 Å². The monoisotopic (exact) mass is 441 g/mol. The fourth-order valence-corrected chi connectivity index (χ4v) is 2.46. The molecule has 3 amide bonds. The van der Waals surface area contributed by atoms with E-state index >= 15 is 0 Å². The van der Waals surface area contributed by atoms with Crippen molar-refractivity contribution in [2.45, 2.75) is 12.1 Å². The van der Waals surface area contributed by atoms with E-state index in [9.17, 15) is 31.5 Å². The van der Waals surface area contributed by atoms with Gasteiger partial charge in [0, 0.05) is 27.1 Å². The van der Waals surface area contributed by atoms with E-state index in [1.165, 1.54) is 35.6 Å². The van der Waals surface area contributed by atoms with Crippen molar-refractivity contribution in [3.63, 3.8) is 0 Å². The Balaban J connectivity index is 2.06. The van der Waals surface area contributed by atoms with Crippen molar-refractivity contribution >= 4 is 52.2 Å². The number of nitrogens with one attached hydrogen (secondary N) is 3. The molecule has 0 radical (unpaired) electrons. The first-order valence-electron chi connectivity index (χ1n) is 7.28. The van der Waals surface area contributed by atoms with E-state index in [1.807, 2.05) is 0 Å². The van der Waals surface area contributed by atoms with Crippen LogP contribution >= 0.6 is 23.2 Å². The summed E-state index contributed by atoms with van der Waals surface area (Å²) in [6, 6.07) is 8.09. The lowest BCUT2D eigenvalue weighted by Gasteiger charge is -2.18. The lowest BCUT2D eigenvalue weighted by Crippen LogP contribution is -2.47. The zero-order valence-corrected chi connectivity index (χ0v) is 15.0. The summed E-state index contributed by atoms with van der Waals surface area (Å²) in [5.74, 6) is -8.12. The summed E-state index contributed by atoms with van der Waals surface area (Å²) in [6.07, 6.45) is -6.04. The number of halogens is 7. The first kappa shape index (κ1) is 21.7. The van der Waals surface area contributed by atoms with Crippen molar-refractivity contribution in [3.05, 3.63) is 52.5 Å². The van der Waals surface area contributed by atoms with E-state index in [1.54, 1.807) is 0 Å². The second kappa shape index (κ2) is 8.19. The van der Waals surface area contributed by atoms with Crippen molar-refractivity contribution in [1.82, 2.24) is 0 Å². The van der Waals surface area contributed by atoms with Gasteiger partial charge in [-0.15, -0.1) is 0 Å². The van der Waals surface area contributed by atoms with Gasteiger partial charge in [-0.1, -0.05) is 29.3 Å². The molecule has 2 aromatic rings. The summed E-state index contributed by atoms with van der Waals surface area (Å²) in [7, 11) is 0. The van der Waals surface area contributed by atoms with Gasteiger partial charge in [-0.3, -0.25) is 4.79 Å². The van der Waals surface area contributed by atoms with Gasteiger partial charge in [0.05, 0.1) is 0 Å². The molecular weight excluding hydrogens is 432 g/mol. The second-order valence-electron chi connectivity index (χ2n) is 5.34. The molecule has 2 rings (SSSR count). The van der Waals surface area contributed by atoms with Gasteiger partial charge in [-0.2, -0.15) is 22.0 Å². The maximum Gasteiger partial charge on any atom is 0.463 e. The highest BCUT2D eigenvalue weighted by Crippen LogP contribution is 2.36. The van der Waals surface area contributed by atoms with Crippen molar-refractivity contribution in [2.24, 2.45) is 0 Å². The number of hydrogen-bond donors (Lipinski definition) is 3. The number of anilines is 3. The normalized spacial score (nSPS) is 11.7. The molecule has 0 saturated heterocycles. The van der Waals surface area contributed by atoms with Gasteiger partial charge in [0.25, 0.3) is 0 Å². The molecule has 0 bridgehead atoms. The molecule has 0 aliphatic rings. The quantitative estimate of drug-likeness (QED) is 0.526. The molecule has 0 aliphatic heterocycles. The number of urea groups is 1. The van der Waals surface area contributed by atoms with E-state index in [0.29, 0.717) is 0 Å². The minimum atomic E-state index is -6.04. The van der Waals surface area contributed by atoms with E-state index in [0.717, 1.165) is 12.1 Å². The highest BCUT2D eigenvalue weighted by atomic mass is 35.5. The molecule has 2 aromatic carbocycles. The van der Waals surface area contributed by atoms with E-state index in [4.69, 9.17) is 23.2 Å². The third kappa shape index (κ3) is 5.46. The van der Waals surface area contributed by atoms with Gasteiger partial charge in [-0.05, 0) is 36.4 Å². The standard InChI is InChI=1S/C16H10Cl2F5N3O2/c17-8-4-9(18)6-12(5-8)26-14(28)25-11-3-1-2-10(7-11)24-13(27)15(19,20)16(21,22)23/h1-7H,(H,24,27)(H2,25,26,28). The highest BCUT2D eigenvalue weighted by Gasteiger charge is 2.63. The second-order valence-corrected chi connectivity index (χ2v) is 6.22. The smallest absolute Gasteiger partial charge is 0.320 e. The van der Waals surface area contributed by atoms with Crippen molar-refractivity contribution in [2.75, 3.05) is 16.0 Å². The Morgan fingerprint density at radius 1 is 0.750 bits per heavy atom. The van der Waals surface area contributed by atoms with Gasteiger partial charge < -0.3 is 16.0 Å². The molecule has 28 heavy (non-hydrogen) atoms. The summed E-state index contributed by atoms with van der Waals surface area (Å²) >= 11 is 11.6. The fraction of sp³-hybridized carbons (Fsp3) is 0.125. The van der Waals surface area contributed by atoms with E-state index in [2.05, 4.69) is 10.6 Å². The van der Waals surface area contributed by atoms with Gasteiger partial charge >= 0.3 is 24.0 Å². The van der Waals surface area contributed by atoms with Crippen LogP contribution in [-0.4, -0.2) is 24.0 Å². The number of benzene rings is 2. The summed E-state index contributed by atoms with van der Waals surface area (Å²) in [6.45, 7) is 0. The number of carbonyl (C=O) groups excluding carboxylic acids is 2. The minimum absolute atomic E-state index is 0.0127. The Bertz CT molecular complexity index is 886. The molecule has 0 heterocycles. The first-order chi connectivity index (χ1) is 12.9. The molecule has 0 aliphatic carbocycles. The van der Waals surface area contributed by atoms with Crippen LogP contribution in [0.1, 0.15) is 0 Å². The Morgan fingerprint density at radius 3 is 1.79 bits per heavy atom. The molecule has 3 N–H and O–H groups in total. The Morgan fingerprint density at radius 2 is 1.25 bits per heavy atom. The van der Waals surface area contributed by atoms with Crippen LogP contribution in [0.2, 0.25) is 10.0 Å². The lowest BCUT2D eigenvalue weighted by molar-refractivity contribution is -0.267. The van der Waals surface area contributed by atoms with Crippen LogP contribution in [0.4, 0.5) is 43.8 Å². The van der Waals surface area contributed by atoms with Gasteiger partial charge in [0.15, 0.2) is 0 Å². The third-order valence-electron chi connectivity index (χ3n) is 3.14.